The van der Waals surface area contributed by atoms with E-state index in [1.807, 2.05) is 19.3 Å². The lowest BCUT2D eigenvalue weighted by Crippen LogP contribution is -2.10. The van der Waals surface area contributed by atoms with E-state index >= 15 is 0 Å². The van der Waals surface area contributed by atoms with Crippen LogP contribution < -0.4 is 5.73 Å². The molecule has 1 unspecified atom stereocenters. The van der Waals surface area contributed by atoms with Crippen LogP contribution in [0.25, 0.3) is 0 Å². The first-order valence-corrected chi connectivity index (χ1v) is 5.79. The predicted molar refractivity (Wildman–Crippen MR) is 60.4 cm³/mol. The summed E-state index contributed by atoms with van der Waals surface area (Å²) in [4.78, 5) is 8.52. The summed E-state index contributed by atoms with van der Waals surface area (Å²) in [6.07, 6.45) is 5.84. The molecule has 0 aliphatic heterocycles. The Balaban J connectivity index is 2.53. The monoisotopic (exact) mass is 211 g/mol. The van der Waals surface area contributed by atoms with E-state index < -0.39 is 0 Å². The van der Waals surface area contributed by atoms with Gasteiger partial charge in [0.1, 0.15) is 0 Å². The average Bonchev–Trinajstić information content (AvgIpc) is 2.20. The molecule has 0 aliphatic carbocycles. The van der Waals surface area contributed by atoms with Gasteiger partial charge in [-0.3, -0.25) is 0 Å². The Hall–Kier alpha value is -0.610. The van der Waals surface area contributed by atoms with Crippen molar-refractivity contribution in [2.75, 3.05) is 6.54 Å². The van der Waals surface area contributed by atoms with Crippen molar-refractivity contribution in [3.63, 3.8) is 0 Å². The average molecular weight is 211 g/mol. The summed E-state index contributed by atoms with van der Waals surface area (Å²) in [5.41, 5.74) is 6.63. The van der Waals surface area contributed by atoms with Gasteiger partial charge in [0.15, 0.2) is 5.16 Å². The number of thioether (sulfide) groups is 1. The van der Waals surface area contributed by atoms with Gasteiger partial charge in [0.05, 0.1) is 0 Å². The van der Waals surface area contributed by atoms with Crippen LogP contribution in [0, 0.1) is 6.92 Å². The lowest BCUT2D eigenvalue weighted by molar-refractivity contribution is 0.741. The Labute approximate surface area is 89.5 Å². The number of aryl methyl sites for hydroxylation is 1. The number of hydrogen-bond acceptors (Lipinski definition) is 4. The first-order chi connectivity index (χ1) is 6.76. The molecule has 4 heteroatoms. The van der Waals surface area contributed by atoms with Gasteiger partial charge < -0.3 is 5.73 Å². The Bertz CT molecular complexity index is 261. The molecule has 0 aromatic carbocycles. The highest BCUT2D eigenvalue weighted by molar-refractivity contribution is 7.99. The Morgan fingerprint density at radius 2 is 2.07 bits per heavy atom. The van der Waals surface area contributed by atoms with Crippen molar-refractivity contribution in [1.82, 2.24) is 9.97 Å². The number of hydrogen-bond donors (Lipinski definition) is 1. The predicted octanol–water partition coefficient (Wildman–Crippen LogP) is 2.00. The van der Waals surface area contributed by atoms with Crippen LogP contribution in [0.5, 0.6) is 0 Å². The van der Waals surface area contributed by atoms with Crippen molar-refractivity contribution in [3.8, 4) is 0 Å². The summed E-state index contributed by atoms with van der Waals surface area (Å²) >= 11 is 1.72. The lowest BCUT2D eigenvalue weighted by atomic mass is 10.2. The molecule has 0 aliphatic rings. The zero-order chi connectivity index (χ0) is 10.4. The van der Waals surface area contributed by atoms with E-state index in [4.69, 9.17) is 5.73 Å². The van der Waals surface area contributed by atoms with Gasteiger partial charge in [-0.15, -0.1) is 0 Å². The highest BCUT2D eigenvalue weighted by Gasteiger charge is 2.08. The second-order valence-corrected chi connectivity index (χ2v) is 4.54. The van der Waals surface area contributed by atoms with Crippen LogP contribution in [0.1, 0.15) is 25.3 Å². The van der Waals surface area contributed by atoms with E-state index in [1.54, 1.807) is 11.8 Å². The molecule has 3 nitrogen and oxygen atoms in total. The molecule has 0 fully saturated rings. The highest BCUT2D eigenvalue weighted by atomic mass is 32.2. The Morgan fingerprint density at radius 3 is 2.57 bits per heavy atom. The molecule has 0 amide bonds. The van der Waals surface area contributed by atoms with Crippen LogP contribution in [-0.2, 0) is 0 Å². The fourth-order valence-electron chi connectivity index (χ4n) is 1.12. The molecule has 0 radical (unpaired) electrons. The number of nitrogens with zero attached hydrogens (tertiary/aromatic N) is 2. The van der Waals surface area contributed by atoms with Gasteiger partial charge in [-0.1, -0.05) is 18.7 Å². The number of aromatic nitrogens is 2. The van der Waals surface area contributed by atoms with Gasteiger partial charge in [0.2, 0.25) is 0 Å². The minimum atomic E-state index is 0.544. The molecule has 1 rings (SSSR count). The molecule has 0 saturated carbocycles. The summed E-state index contributed by atoms with van der Waals surface area (Å²) in [6, 6.07) is 0. The third kappa shape index (κ3) is 3.64. The minimum absolute atomic E-state index is 0.544. The molecule has 0 spiro atoms. The van der Waals surface area contributed by atoms with Crippen LogP contribution >= 0.6 is 11.8 Å². The van der Waals surface area contributed by atoms with E-state index in [1.165, 1.54) is 0 Å². The fraction of sp³-hybridized carbons (Fsp3) is 0.600. The van der Waals surface area contributed by atoms with Crippen LogP contribution in [-0.4, -0.2) is 21.8 Å². The largest absolute Gasteiger partial charge is 0.330 e. The van der Waals surface area contributed by atoms with Crippen LogP contribution in [0.2, 0.25) is 0 Å². The molecule has 0 bridgehead atoms. The van der Waals surface area contributed by atoms with Crippen molar-refractivity contribution in [2.45, 2.75) is 37.1 Å². The third-order valence-electron chi connectivity index (χ3n) is 1.97. The first-order valence-electron chi connectivity index (χ1n) is 4.91. The fourth-order valence-corrected chi connectivity index (χ4v) is 2.07. The molecule has 1 aromatic rings. The summed E-state index contributed by atoms with van der Waals surface area (Å²) in [5, 5.41) is 1.40. The number of rotatable bonds is 5. The molecule has 14 heavy (non-hydrogen) atoms. The lowest BCUT2D eigenvalue weighted by Gasteiger charge is -2.11. The second kappa shape index (κ2) is 5.98. The van der Waals surface area contributed by atoms with Crippen LogP contribution in [0.3, 0.4) is 0 Å². The van der Waals surface area contributed by atoms with E-state index in [2.05, 4.69) is 16.9 Å². The molecule has 2 N–H and O–H groups in total. The van der Waals surface area contributed by atoms with E-state index in [0.717, 1.165) is 30.1 Å². The van der Waals surface area contributed by atoms with E-state index in [-0.39, 0.29) is 0 Å². The van der Waals surface area contributed by atoms with Gasteiger partial charge in [-0.25, -0.2) is 9.97 Å². The smallest absolute Gasteiger partial charge is 0.187 e. The Kier molecular flexibility index (Phi) is 4.90. The van der Waals surface area contributed by atoms with Gasteiger partial charge in [-0.05, 0) is 31.9 Å². The molecule has 1 atom stereocenters. The first kappa shape index (κ1) is 11.5. The summed E-state index contributed by atoms with van der Waals surface area (Å²) < 4.78 is 0. The maximum atomic E-state index is 5.53. The van der Waals surface area contributed by atoms with Crippen LogP contribution in [0.15, 0.2) is 17.6 Å². The quantitative estimate of drug-likeness (QED) is 0.598. The Morgan fingerprint density at radius 1 is 1.43 bits per heavy atom. The van der Waals surface area contributed by atoms with Crippen molar-refractivity contribution < 1.29 is 0 Å². The third-order valence-corrected chi connectivity index (χ3v) is 3.30. The van der Waals surface area contributed by atoms with Gasteiger partial charge in [0.25, 0.3) is 0 Å². The van der Waals surface area contributed by atoms with Crippen molar-refractivity contribution >= 4 is 11.8 Å². The van der Waals surface area contributed by atoms with Gasteiger partial charge in [-0.2, -0.15) is 0 Å². The van der Waals surface area contributed by atoms with Gasteiger partial charge >= 0.3 is 0 Å². The molecule has 78 valence electrons. The highest BCUT2D eigenvalue weighted by Crippen LogP contribution is 2.23. The van der Waals surface area contributed by atoms with Crippen molar-refractivity contribution in [3.05, 3.63) is 18.0 Å². The zero-order valence-corrected chi connectivity index (χ0v) is 9.55. The maximum absolute atomic E-state index is 5.53. The maximum Gasteiger partial charge on any atom is 0.187 e. The van der Waals surface area contributed by atoms with Crippen molar-refractivity contribution in [2.24, 2.45) is 5.73 Å². The molecular formula is C10H17N3S. The molecule has 0 saturated heterocycles. The van der Waals surface area contributed by atoms with Gasteiger partial charge in [0, 0.05) is 17.6 Å². The second-order valence-electron chi connectivity index (χ2n) is 3.27. The van der Waals surface area contributed by atoms with Crippen molar-refractivity contribution in [1.29, 1.82) is 0 Å². The summed E-state index contributed by atoms with van der Waals surface area (Å²) in [6.45, 7) is 4.89. The van der Waals surface area contributed by atoms with Crippen LogP contribution in [0.4, 0.5) is 0 Å². The molecular weight excluding hydrogens is 194 g/mol. The standard InChI is InChI=1S/C10H17N3S/c1-3-9(4-5-11)14-10-12-6-8(2)7-13-10/h6-7,9H,3-5,11H2,1-2H3. The van der Waals surface area contributed by atoms with E-state index in [0.29, 0.717) is 5.25 Å². The molecule has 1 heterocycles. The number of nitrogens with two attached hydrogens (primary N) is 1. The topological polar surface area (TPSA) is 51.8 Å². The zero-order valence-electron chi connectivity index (χ0n) is 8.73. The van der Waals surface area contributed by atoms with E-state index in [9.17, 15) is 0 Å². The normalized spacial score (nSPS) is 12.8. The summed E-state index contributed by atoms with van der Waals surface area (Å²) in [7, 11) is 0. The summed E-state index contributed by atoms with van der Waals surface area (Å²) in [5.74, 6) is 0. The SMILES string of the molecule is CCC(CCN)Sc1ncc(C)cn1. The molecule has 1 aromatic heterocycles. The minimum Gasteiger partial charge on any atom is -0.330 e.